The Balaban J connectivity index is 1.05. The van der Waals surface area contributed by atoms with Gasteiger partial charge in [0.25, 0.3) is 0 Å². The van der Waals surface area contributed by atoms with Gasteiger partial charge in [0.2, 0.25) is 0 Å². The first-order valence-electron chi connectivity index (χ1n) is 18.7. The van der Waals surface area contributed by atoms with Gasteiger partial charge < -0.3 is 9.32 Å². The Labute approximate surface area is 322 Å². The molecule has 0 amide bonds. The monoisotopic (exact) mass is 719 g/mol. The van der Waals surface area contributed by atoms with Crippen LogP contribution >= 0.6 is 11.3 Å². The summed E-state index contributed by atoms with van der Waals surface area (Å²) in [6, 6.07) is 72.3. The quantitative estimate of drug-likeness (QED) is 0.170. The Bertz CT molecular complexity index is 3200. The molecule has 2 nitrogen and oxygen atoms in total. The highest BCUT2D eigenvalue weighted by molar-refractivity contribution is 7.26. The summed E-state index contributed by atoms with van der Waals surface area (Å²) in [5.41, 5.74) is 12.3. The average Bonchev–Trinajstić information content (AvgIpc) is 3.83. The molecule has 258 valence electrons. The molecule has 0 fully saturated rings. The Morgan fingerprint density at radius 3 is 1.80 bits per heavy atom. The summed E-state index contributed by atoms with van der Waals surface area (Å²) in [6.07, 6.45) is 0. The second-order valence-electron chi connectivity index (χ2n) is 14.1. The smallest absolute Gasteiger partial charge is 0.135 e. The van der Waals surface area contributed by atoms with E-state index in [4.69, 9.17) is 4.42 Å². The standard InChI is InChI=1S/C52H33NOS/c1-2-13-40-35(11-1)12-9-18-42(40)43-14-3-6-20-48(43)53(38-28-23-34(24-29-38)37-27-32-50-47(33-37)44-15-4-7-21-49(44)54-50)39-30-25-36(26-31-39)41-17-10-19-46-45-16-5-8-22-51(45)55-52(41)46/h1-33H. The number of para-hydroxylation sites is 2. The topological polar surface area (TPSA) is 16.4 Å². The fourth-order valence-corrected chi connectivity index (χ4v) is 9.50. The molecular weight excluding hydrogens is 687 g/mol. The number of furan rings is 1. The van der Waals surface area contributed by atoms with Crippen LogP contribution in [0, 0.1) is 0 Å². The fraction of sp³-hybridized carbons (Fsp3) is 0. The largest absolute Gasteiger partial charge is 0.456 e. The predicted octanol–water partition coefficient (Wildman–Crippen LogP) is 15.6. The van der Waals surface area contributed by atoms with Gasteiger partial charge in [0.1, 0.15) is 11.2 Å². The number of nitrogens with zero attached hydrogens (tertiary/aromatic N) is 1. The van der Waals surface area contributed by atoms with Crippen molar-refractivity contribution in [2.45, 2.75) is 0 Å². The second kappa shape index (κ2) is 12.9. The average molecular weight is 720 g/mol. The van der Waals surface area contributed by atoms with Crippen molar-refractivity contribution < 1.29 is 4.42 Å². The third-order valence-electron chi connectivity index (χ3n) is 10.9. The van der Waals surface area contributed by atoms with Crippen LogP contribution in [0.1, 0.15) is 0 Å². The van der Waals surface area contributed by atoms with Crippen LogP contribution in [0.3, 0.4) is 0 Å². The van der Waals surface area contributed by atoms with Crippen molar-refractivity contribution in [3.63, 3.8) is 0 Å². The molecule has 0 saturated carbocycles. The van der Waals surface area contributed by atoms with Crippen LogP contribution in [0.4, 0.5) is 17.1 Å². The van der Waals surface area contributed by atoms with Gasteiger partial charge >= 0.3 is 0 Å². The van der Waals surface area contributed by atoms with Crippen LogP contribution in [-0.2, 0) is 0 Å². The lowest BCUT2D eigenvalue weighted by Gasteiger charge is -2.28. The van der Waals surface area contributed by atoms with Gasteiger partial charge in [-0.1, -0.05) is 146 Å². The van der Waals surface area contributed by atoms with Crippen LogP contribution in [0.25, 0.3) is 86.3 Å². The SMILES string of the molecule is c1ccc(N(c2ccc(-c3ccc4oc5ccccc5c4c3)cc2)c2ccc(-c3cccc4c3sc3ccccc34)cc2)c(-c2cccc3ccccc23)c1. The first kappa shape index (κ1) is 31.6. The van der Waals surface area contributed by atoms with E-state index in [0.717, 1.165) is 50.1 Å². The summed E-state index contributed by atoms with van der Waals surface area (Å²) in [5.74, 6) is 0. The third kappa shape index (κ3) is 5.32. The molecule has 0 atom stereocenters. The van der Waals surface area contributed by atoms with E-state index in [-0.39, 0.29) is 0 Å². The number of anilines is 3. The highest BCUT2D eigenvalue weighted by atomic mass is 32.1. The normalized spacial score (nSPS) is 11.6. The third-order valence-corrected chi connectivity index (χ3v) is 12.1. The van der Waals surface area contributed by atoms with Crippen molar-refractivity contribution >= 4 is 81.3 Å². The molecule has 0 unspecified atom stereocenters. The minimum atomic E-state index is 0.907. The Kier molecular flexibility index (Phi) is 7.39. The molecule has 0 N–H and O–H groups in total. The van der Waals surface area contributed by atoms with E-state index in [0.29, 0.717) is 0 Å². The van der Waals surface area contributed by atoms with Crippen molar-refractivity contribution in [3.05, 3.63) is 200 Å². The molecule has 0 saturated heterocycles. The van der Waals surface area contributed by atoms with Crippen molar-refractivity contribution in [2.24, 2.45) is 0 Å². The minimum absolute atomic E-state index is 0.907. The van der Waals surface area contributed by atoms with E-state index in [2.05, 4.69) is 193 Å². The summed E-state index contributed by atoms with van der Waals surface area (Å²) in [7, 11) is 0. The molecule has 11 rings (SSSR count). The van der Waals surface area contributed by atoms with Crippen molar-refractivity contribution in [3.8, 4) is 33.4 Å². The lowest BCUT2D eigenvalue weighted by Crippen LogP contribution is -2.11. The van der Waals surface area contributed by atoms with E-state index in [1.807, 2.05) is 23.5 Å². The molecule has 0 aliphatic rings. The molecule has 3 heteroatoms. The summed E-state index contributed by atoms with van der Waals surface area (Å²) in [4.78, 5) is 2.40. The fourth-order valence-electron chi connectivity index (χ4n) is 8.26. The van der Waals surface area contributed by atoms with Gasteiger partial charge in [-0.05, 0) is 93.2 Å². The van der Waals surface area contributed by atoms with Gasteiger partial charge in [0.05, 0.1) is 5.69 Å². The Hall–Kier alpha value is -6.94. The van der Waals surface area contributed by atoms with Crippen LogP contribution < -0.4 is 4.90 Å². The van der Waals surface area contributed by atoms with Crippen LogP contribution in [0.2, 0.25) is 0 Å². The summed E-state index contributed by atoms with van der Waals surface area (Å²) < 4.78 is 8.78. The number of hydrogen-bond donors (Lipinski definition) is 0. The highest BCUT2D eigenvalue weighted by Crippen LogP contribution is 2.45. The number of benzene rings is 9. The molecule has 0 aliphatic carbocycles. The molecular formula is C52H33NOS. The maximum atomic E-state index is 6.13. The van der Waals surface area contributed by atoms with Gasteiger partial charge in [-0.2, -0.15) is 0 Å². The van der Waals surface area contributed by atoms with E-state index in [1.54, 1.807) is 0 Å². The van der Waals surface area contributed by atoms with Crippen molar-refractivity contribution in [1.29, 1.82) is 0 Å². The molecule has 0 spiro atoms. The highest BCUT2D eigenvalue weighted by Gasteiger charge is 2.19. The first-order chi connectivity index (χ1) is 27.3. The lowest BCUT2D eigenvalue weighted by molar-refractivity contribution is 0.669. The van der Waals surface area contributed by atoms with E-state index in [9.17, 15) is 0 Å². The van der Waals surface area contributed by atoms with E-state index in [1.165, 1.54) is 53.2 Å². The second-order valence-corrected chi connectivity index (χ2v) is 15.1. The first-order valence-corrected chi connectivity index (χ1v) is 19.5. The van der Waals surface area contributed by atoms with Gasteiger partial charge in [-0.3, -0.25) is 0 Å². The summed E-state index contributed by atoms with van der Waals surface area (Å²) in [6.45, 7) is 0. The van der Waals surface area contributed by atoms with Crippen LogP contribution in [0.5, 0.6) is 0 Å². The molecule has 9 aromatic carbocycles. The molecule has 0 radical (unpaired) electrons. The summed E-state index contributed by atoms with van der Waals surface area (Å²) >= 11 is 1.87. The summed E-state index contributed by atoms with van der Waals surface area (Å²) in [5, 5.41) is 7.37. The van der Waals surface area contributed by atoms with Crippen LogP contribution in [-0.4, -0.2) is 0 Å². The van der Waals surface area contributed by atoms with Gasteiger partial charge in [0.15, 0.2) is 0 Å². The zero-order valence-corrected chi connectivity index (χ0v) is 30.6. The van der Waals surface area contributed by atoms with E-state index >= 15 is 0 Å². The van der Waals surface area contributed by atoms with Crippen LogP contribution in [0.15, 0.2) is 205 Å². The molecule has 0 aliphatic heterocycles. The Morgan fingerprint density at radius 1 is 0.364 bits per heavy atom. The number of hydrogen-bond acceptors (Lipinski definition) is 3. The zero-order chi connectivity index (χ0) is 36.3. The van der Waals surface area contributed by atoms with Gasteiger partial charge in [-0.25, -0.2) is 0 Å². The number of rotatable bonds is 6. The molecule has 2 heterocycles. The van der Waals surface area contributed by atoms with Crippen molar-refractivity contribution in [1.82, 2.24) is 0 Å². The minimum Gasteiger partial charge on any atom is -0.456 e. The Morgan fingerprint density at radius 2 is 0.945 bits per heavy atom. The maximum Gasteiger partial charge on any atom is 0.135 e. The van der Waals surface area contributed by atoms with Crippen molar-refractivity contribution in [2.75, 3.05) is 4.90 Å². The predicted molar refractivity (Wildman–Crippen MR) is 235 cm³/mol. The zero-order valence-electron chi connectivity index (χ0n) is 29.8. The molecule has 0 bridgehead atoms. The van der Waals surface area contributed by atoms with E-state index < -0.39 is 0 Å². The molecule has 55 heavy (non-hydrogen) atoms. The van der Waals surface area contributed by atoms with Gasteiger partial charge in [0, 0.05) is 47.9 Å². The lowest BCUT2D eigenvalue weighted by atomic mass is 9.95. The molecule has 2 aromatic heterocycles. The number of fused-ring (bicyclic) bond motifs is 7. The number of thiophene rings is 1. The maximum absolute atomic E-state index is 6.13. The van der Waals surface area contributed by atoms with Gasteiger partial charge in [-0.15, -0.1) is 11.3 Å². The molecule has 11 aromatic rings.